The van der Waals surface area contributed by atoms with E-state index in [1.54, 1.807) is 6.92 Å². The van der Waals surface area contributed by atoms with Crippen LogP contribution in [0.25, 0.3) is 6.08 Å². The number of halogens is 1. The molecule has 8 nitrogen and oxygen atoms in total. The molecule has 2 aromatic rings. The number of carbonyl (C=O) groups excluding carboxylic acids is 2. The van der Waals surface area contributed by atoms with Crippen molar-refractivity contribution in [1.82, 2.24) is 4.90 Å². The zero-order chi connectivity index (χ0) is 21.1. The smallest absolute Gasteiger partial charge is 0.315 e. The molecule has 0 bridgehead atoms. The van der Waals surface area contributed by atoms with E-state index >= 15 is 0 Å². The van der Waals surface area contributed by atoms with Crippen LogP contribution in [0, 0.1) is 13.7 Å². The second-order valence-corrected chi connectivity index (χ2v) is 8.21. The summed E-state index contributed by atoms with van der Waals surface area (Å²) in [6.45, 7) is 2.01. The second-order valence-electron chi connectivity index (χ2n) is 5.97. The molecule has 0 unspecified atom stereocenters. The molecule has 3 rings (SSSR count). The van der Waals surface area contributed by atoms with E-state index < -0.39 is 27.5 Å². The van der Waals surface area contributed by atoms with Crippen LogP contribution in [0.5, 0.6) is 11.5 Å². The van der Waals surface area contributed by atoms with E-state index in [4.69, 9.17) is 4.74 Å². The minimum absolute atomic E-state index is 0.0638. The Kier molecular flexibility index (Phi) is 6.42. The second kappa shape index (κ2) is 8.82. The first-order chi connectivity index (χ1) is 13.8. The fourth-order valence-electron chi connectivity index (χ4n) is 2.66. The van der Waals surface area contributed by atoms with Crippen LogP contribution < -0.4 is 4.74 Å². The quantitative estimate of drug-likeness (QED) is 0.255. The van der Waals surface area contributed by atoms with Gasteiger partial charge in [-0.1, -0.05) is 12.1 Å². The van der Waals surface area contributed by atoms with Gasteiger partial charge < -0.3 is 9.84 Å². The van der Waals surface area contributed by atoms with Gasteiger partial charge in [-0.15, -0.1) is 0 Å². The summed E-state index contributed by atoms with van der Waals surface area (Å²) in [5.41, 5.74) is 0.547. The highest BCUT2D eigenvalue weighted by atomic mass is 127. The first-order valence-electron chi connectivity index (χ1n) is 8.44. The van der Waals surface area contributed by atoms with E-state index in [0.717, 1.165) is 31.9 Å². The normalized spacial score (nSPS) is 15.2. The van der Waals surface area contributed by atoms with Gasteiger partial charge in [-0.3, -0.25) is 24.6 Å². The first-order valence-corrected chi connectivity index (χ1v) is 10.3. The highest BCUT2D eigenvalue weighted by molar-refractivity contribution is 14.1. The van der Waals surface area contributed by atoms with Gasteiger partial charge in [-0.2, -0.15) is 0 Å². The Morgan fingerprint density at radius 1 is 1.28 bits per heavy atom. The van der Waals surface area contributed by atoms with Gasteiger partial charge in [-0.25, -0.2) is 0 Å². The Bertz CT molecular complexity index is 1020. The lowest BCUT2D eigenvalue weighted by Gasteiger charge is -2.12. The third-order valence-electron chi connectivity index (χ3n) is 4.00. The van der Waals surface area contributed by atoms with Crippen molar-refractivity contribution in [3.8, 4) is 11.5 Å². The third-order valence-corrected chi connectivity index (χ3v) is 5.63. The molecule has 150 valence electrons. The number of amides is 2. The van der Waals surface area contributed by atoms with Gasteiger partial charge >= 0.3 is 5.69 Å². The molecular weight excluding hydrogens is 511 g/mol. The van der Waals surface area contributed by atoms with Crippen LogP contribution in [0.4, 0.5) is 10.5 Å². The Labute approximate surface area is 183 Å². The van der Waals surface area contributed by atoms with Gasteiger partial charge in [0, 0.05) is 9.64 Å². The van der Waals surface area contributed by atoms with E-state index in [1.807, 2.05) is 24.3 Å². The number of ether oxygens (including phenoxy) is 1. The van der Waals surface area contributed by atoms with Crippen molar-refractivity contribution in [2.24, 2.45) is 0 Å². The Morgan fingerprint density at radius 3 is 2.59 bits per heavy atom. The summed E-state index contributed by atoms with van der Waals surface area (Å²) in [6.07, 6.45) is 1.38. The summed E-state index contributed by atoms with van der Waals surface area (Å²) in [5, 5.41) is 20.8. The number of nitrogens with zero attached hydrogens (tertiary/aromatic N) is 2. The fourth-order valence-corrected chi connectivity index (χ4v) is 3.86. The molecule has 2 amide bonds. The van der Waals surface area contributed by atoms with Crippen LogP contribution in [0.1, 0.15) is 18.1 Å². The fraction of sp³-hybridized carbons (Fsp3) is 0.158. The van der Waals surface area contributed by atoms with Crippen molar-refractivity contribution in [3.63, 3.8) is 0 Å². The number of carbonyl (C=O) groups is 2. The van der Waals surface area contributed by atoms with E-state index in [0.29, 0.717) is 0 Å². The molecule has 2 aromatic carbocycles. The van der Waals surface area contributed by atoms with Crippen LogP contribution in [-0.4, -0.2) is 32.7 Å². The Morgan fingerprint density at radius 2 is 1.97 bits per heavy atom. The largest absolute Gasteiger partial charge is 0.500 e. The van der Waals surface area contributed by atoms with Crippen molar-refractivity contribution >= 4 is 57.3 Å². The Balaban J connectivity index is 1.90. The monoisotopic (exact) mass is 526 g/mol. The maximum absolute atomic E-state index is 12.7. The summed E-state index contributed by atoms with van der Waals surface area (Å²) in [6, 6.07) is 9.97. The first kappa shape index (κ1) is 21.1. The number of nitro groups is 1. The number of hydrogen-bond acceptors (Lipinski definition) is 7. The van der Waals surface area contributed by atoms with Gasteiger partial charge in [0.05, 0.1) is 23.0 Å². The van der Waals surface area contributed by atoms with Crippen molar-refractivity contribution in [2.75, 3.05) is 6.61 Å². The molecule has 0 saturated carbocycles. The average molecular weight is 526 g/mol. The molecule has 29 heavy (non-hydrogen) atoms. The summed E-state index contributed by atoms with van der Waals surface area (Å²) >= 11 is 2.93. The summed E-state index contributed by atoms with van der Waals surface area (Å²) in [7, 11) is 0. The van der Waals surface area contributed by atoms with Gasteiger partial charge in [0.25, 0.3) is 11.1 Å². The number of hydrogen-bond donors (Lipinski definition) is 1. The number of rotatable bonds is 6. The maximum Gasteiger partial charge on any atom is 0.315 e. The predicted octanol–water partition coefficient (Wildman–Crippen LogP) is 4.54. The maximum atomic E-state index is 12.7. The number of thioether (sulfide) groups is 1. The van der Waals surface area contributed by atoms with E-state index in [1.165, 1.54) is 12.1 Å². The summed E-state index contributed by atoms with van der Waals surface area (Å²) < 4.78 is 6.28. The molecule has 0 aliphatic carbocycles. The molecule has 1 aliphatic heterocycles. The van der Waals surface area contributed by atoms with Crippen LogP contribution >= 0.6 is 34.4 Å². The van der Waals surface area contributed by atoms with Gasteiger partial charge in [-0.05, 0) is 76.7 Å². The molecule has 1 aliphatic rings. The minimum Gasteiger partial charge on any atom is -0.500 e. The SMILES string of the molecule is CCOc1cc(/C=C2\SC(=O)N(Cc3ccc(I)cc3)C2=O)cc([N+](=O)[O-])c1O. The van der Waals surface area contributed by atoms with Crippen LogP contribution in [0.3, 0.4) is 0 Å². The average Bonchev–Trinajstić information content (AvgIpc) is 2.93. The highest BCUT2D eigenvalue weighted by Crippen LogP contribution is 2.39. The van der Waals surface area contributed by atoms with Crippen molar-refractivity contribution in [2.45, 2.75) is 13.5 Å². The molecule has 1 saturated heterocycles. The zero-order valence-corrected chi connectivity index (χ0v) is 18.1. The van der Waals surface area contributed by atoms with Crippen molar-refractivity contribution in [3.05, 3.63) is 66.1 Å². The number of nitro benzene ring substituents is 1. The summed E-state index contributed by atoms with van der Waals surface area (Å²) in [4.78, 5) is 36.7. The number of phenols is 1. The third kappa shape index (κ3) is 4.70. The molecule has 0 aromatic heterocycles. The minimum atomic E-state index is -0.738. The van der Waals surface area contributed by atoms with E-state index in [9.17, 15) is 24.8 Å². The molecule has 1 heterocycles. The lowest BCUT2D eigenvalue weighted by atomic mass is 10.1. The number of aromatic hydroxyl groups is 1. The molecule has 1 fully saturated rings. The zero-order valence-electron chi connectivity index (χ0n) is 15.1. The van der Waals surface area contributed by atoms with E-state index in [-0.39, 0.29) is 29.4 Å². The van der Waals surface area contributed by atoms with E-state index in [2.05, 4.69) is 22.6 Å². The Hall–Kier alpha value is -2.60. The highest BCUT2D eigenvalue weighted by Gasteiger charge is 2.35. The topological polar surface area (TPSA) is 110 Å². The van der Waals surface area contributed by atoms with Crippen LogP contribution in [-0.2, 0) is 11.3 Å². The van der Waals surface area contributed by atoms with Crippen LogP contribution in [0.15, 0.2) is 41.3 Å². The number of imide groups is 1. The molecule has 1 N–H and O–H groups in total. The molecule has 0 radical (unpaired) electrons. The standard InChI is InChI=1S/C19H15IN2O6S/c1-2-28-15-8-12(7-14(17(15)23)22(26)27)9-16-18(24)21(19(25)29-16)10-11-3-5-13(20)6-4-11/h3-9,23H,2,10H2,1H3/b16-9-. The molecule has 10 heteroatoms. The van der Waals surface area contributed by atoms with Gasteiger partial charge in [0.15, 0.2) is 5.75 Å². The number of benzene rings is 2. The predicted molar refractivity (Wildman–Crippen MR) is 117 cm³/mol. The summed E-state index contributed by atoms with van der Waals surface area (Å²) in [5.74, 6) is -1.13. The lowest BCUT2D eigenvalue weighted by Crippen LogP contribution is -2.27. The molecular formula is C19H15IN2O6S. The van der Waals surface area contributed by atoms with Crippen LogP contribution in [0.2, 0.25) is 0 Å². The molecule has 0 atom stereocenters. The lowest BCUT2D eigenvalue weighted by molar-refractivity contribution is -0.386. The number of phenolic OH excluding ortho intramolecular Hbond substituents is 1. The molecule has 0 spiro atoms. The van der Waals surface area contributed by atoms with Crippen molar-refractivity contribution < 1.29 is 24.4 Å². The van der Waals surface area contributed by atoms with Crippen molar-refractivity contribution in [1.29, 1.82) is 0 Å². The van der Waals surface area contributed by atoms with Gasteiger partial charge in [0.1, 0.15) is 0 Å². The van der Waals surface area contributed by atoms with Gasteiger partial charge in [0.2, 0.25) is 5.75 Å².